The minimum absolute atomic E-state index is 0.210. The highest BCUT2D eigenvalue weighted by molar-refractivity contribution is 5.74. The van der Waals surface area contributed by atoms with Crippen LogP contribution < -0.4 is 5.48 Å². The predicted molar refractivity (Wildman–Crippen MR) is 83.1 cm³/mol. The fraction of sp³-hybridized carbons (Fsp3) is 0.412. The molecule has 6 nitrogen and oxygen atoms in total. The van der Waals surface area contributed by atoms with E-state index in [2.05, 4.69) is 10.5 Å². The zero-order chi connectivity index (χ0) is 15.9. The molecule has 1 N–H and O–H groups in total. The summed E-state index contributed by atoms with van der Waals surface area (Å²) in [7, 11) is 0. The van der Waals surface area contributed by atoms with Crippen molar-refractivity contribution in [1.29, 1.82) is 0 Å². The maximum absolute atomic E-state index is 11.8. The Balaban J connectivity index is 1.43. The van der Waals surface area contributed by atoms with Gasteiger partial charge in [0.1, 0.15) is 0 Å². The van der Waals surface area contributed by atoms with Crippen LogP contribution >= 0.6 is 0 Å². The first-order chi connectivity index (χ1) is 11.3. The van der Waals surface area contributed by atoms with Crippen molar-refractivity contribution < 1.29 is 18.8 Å². The number of aromatic nitrogens is 1. The molecule has 2 heterocycles. The van der Waals surface area contributed by atoms with Crippen molar-refractivity contribution in [2.24, 2.45) is 0 Å². The van der Waals surface area contributed by atoms with E-state index in [1.165, 1.54) is 0 Å². The van der Waals surface area contributed by atoms with E-state index < -0.39 is 0 Å². The molecular weight excluding hydrogens is 296 g/mol. The van der Waals surface area contributed by atoms with E-state index in [1.54, 1.807) is 6.20 Å². The number of hydroxylamine groups is 1. The van der Waals surface area contributed by atoms with Crippen LogP contribution in [0.3, 0.4) is 0 Å². The van der Waals surface area contributed by atoms with E-state index in [4.69, 9.17) is 14.0 Å². The van der Waals surface area contributed by atoms with Crippen molar-refractivity contribution in [3.63, 3.8) is 0 Å². The molecule has 1 amide bonds. The van der Waals surface area contributed by atoms with Crippen LogP contribution in [-0.2, 0) is 20.8 Å². The first-order valence-corrected chi connectivity index (χ1v) is 7.87. The summed E-state index contributed by atoms with van der Waals surface area (Å²) >= 11 is 0. The fourth-order valence-corrected chi connectivity index (χ4v) is 2.37. The minimum atomic E-state index is -0.334. The number of oxazole rings is 1. The smallest absolute Gasteiger partial charge is 0.244 e. The van der Waals surface area contributed by atoms with E-state index in [-0.39, 0.29) is 18.6 Å². The molecule has 0 saturated carbocycles. The maximum atomic E-state index is 11.8. The zero-order valence-electron chi connectivity index (χ0n) is 12.9. The SMILES string of the molecule is O=C(CCc1ncc(-c2ccccc2)o1)NOC1CCCCO1. The van der Waals surface area contributed by atoms with Crippen molar-refractivity contribution >= 4 is 5.91 Å². The molecule has 0 bridgehead atoms. The number of nitrogens with zero attached hydrogens (tertiary/aromatic N) is 1. The summed E-state index contributed by atoms with van der Waals surface area (Å²) in [6.45, 7) is 0.680. The lowest BCUT2D eigenvalue weighted by Gasteiger charge is -2.21. The number of nitrogens with one attached hydrogen (secondary N) is 1. The number of carbonyl (C=O) groups excluding carboxylic acids is 1. The molecule has 0 radical (unpaired) electrons. The number of amides is 1. The Labute approximate surface area is 134 Å². The van der Waals surface area contributed by atoms with Gasteiger partial charge >= 0.3 is 0 Å². The molecule has 2 aromatic rings. The molecule has 1 aromatic carbocycles. The molecule has 1 saturated heterocycles. The Hall–Kier alpha value is -2.18. The van der Waals surface area contributed by atoms with Gasteiger partial charge < -0.3 is 9.15 Å². The maximum Gasteiger partial charge on any atom is 0.244 e. The monoisotopic (exact) mass is 316 g/mol. The Bertz CT molecular complexity index is 621. The van der Waals surface area contributed by atoms with Crippen molar-refractivity contribution in [2.75, 3.05) is 6.61 Å². The van der Waals surface area contributed by atoms with E-state index in [9.17, 15) is 4.79 Å². The van der Waals surface area contributed by atoms with Crippen molar-refractivity contribution in [3.8, 4) is 11.3 Å². The lowest BCUT2D eigenvalue weighted by Crippen LogP contribution is -2.33. The largest absolute Gasteiger partial charge is 0.441 e. The lowest BCUT2D eigenvalue weighted by atomic mass is 10.2. The highest BCUT2D eigenvalue weighted by Crippen LogP contribution is 2.20. The third-order valence-electron chi connectivity index (χ3n) is 3.62. The summed E-state index contributed by atoms with van der Waals surface area (Å²) in [6.07, 6.45) is 4.92. The van der Waals surface area contributed by atoms with Crippen LogP contribution in [0, 0.1) is 0 Å². The number of hydrogen-bond acceptors (Lipinski definition) is 5. The Morgan fingerprint density at radius 3 is 2.96 bits per heavy atom. The fourth-order valence-electron chi connectivity index (χ4n) is 2.37. The minimum Gasteiger partial charge on any atom is -0.441 e. The first kappa shape index (κ1) is 15.7. The van der Waals surface area contributed by atoms with Gasteiger partial charge in [0.2, 0.25) is 5.91 Å². The summed E-state index contributed by atoms with van der Waals surface area (Å²) in [5.41, 5.74) is 3.39. The van der Waals surface area contributed by atoms with E-state index in [0.29, 0.717) is 24.7 Å². The van der Waals surface area contributed by atoms with Gasteiger partial charge in [-0.2, -0.15) is 0 Å². The van der Waals surface area contributed by atoms with Gasteiger partial charge in [0.25, 0.3) is 0 Å². The summed E-state index contributed by atoms with van der Waals surface area (Å²) in [5.74, 6) is 1.03. The molecule has 6 heteroatoms. The molecule has 122 valence electrons. The number of benzene rings is 1. The molecule has 0 spiro atoms. The molecule has 3 rings (SSSR count). The number of aryl methyl sites for hydroxylation is 1. The third kappa shape index (κ3) is 4.64. The average Bonchev–Trinajstić information content (AvgIpc) is 3.09. The van der Waals surface area contributed by atoms with Crippen LogP contribution in [0.15, 0.2) is 40.9 Å². The Morgan fingerprint density at radius 1 is 1.30 bits per heavy atom. The van der Waals surface area contributed by atoms with Crippen LogP contribution in [-0.4, -0.2) is 23.8 Å². The van der Waals surface area contributed by atoms with Crippen molar-refractivity contribution in [2.45, 2.75) is 38.4 Å². The molecular formula is C17H20N2O4. The number of hydrogen-bond donors (Lipinski definition) is 1. The molecule has 23 heavy (non-hydrogen) atoms. The topological polar surface area (TPSA) is 73.6 Å². The first-order valence-electron chi connectivity index (χ1n) is 7.87. The second-order valence-corrected chi connectivity index (χ2v) is 5.42. The second-order valence-electron chi connectivity index (χ2n) is 5.42. The van der Waals surface area contributed by atoms with E-state index in [1.807, 2.05) is 30.3 Å². The van der Waals surface area contributed by atoms with Crippen LogP contribution in [0.4, 0.5) is 0 Å². The highest BCUT2D eigenvalue weighted by Gasteiger charge is 2.16. The average molecular weight is 316 g/mol. The van der Waals surface area contributed by atoms with Gasteiger partial charge in [0.15, 0.2) is 17.9 Å². The Kier molecular flexibility index (Phi) is 5.39. The number of carbonyl (C=O) groups is 1. The Morgan fingerprint density at radius 2 is 2.17 bits per heavy atom. The summed E-state index contributed by atoms with van der Waals surface area (Å²) in [6, 6.07) is 9.73. The summed E-state index contributed by atoms with van der Waals surface area (Å²) in [4.78, 5) is 21.2. The molecule has 1 aliphatic rings. The molecule has 1 aromatic heterocycles. The van der Waals surface area contributed by atoms with Gasteiger partial charge in [-0.3, -0.25) is 4.79 Å². The summed E-state index contributed by atoms with van der Waals surface area (Å²) < 4.78 is 11.0. The van der Waals surface area contributed by atoms with Crippen molar-refractivity contribution in [3.05, 3.63) is 42.4 Å². The van der Waals surface area contributed by atoms with Crippen LogP contribution in [0.1, 0.15) is 31.6 Å². The van der Waals surface area contributed by atoms with Crippen LogP contribution in [0.25, 0.3) is 11.3 Å². The molecule has 0 aliphatic carbocycles. The van der Waals surface area contributed by atoms with Gasteiger partial charge in [0.05, 0.1) is 6.20 Å². The van der Waals surface area contributed by atoms with Gasteiger partial charge in [-0.1, -0.05) is 30.3 Å². The normalized spacial score (nSPS) is 17.8. The molecule has 1 aliphatic heterocycles. The van der Waals surface area contributed by atoms with Gasteiger partial charge in [0, 0.05) is 31.4 Å². The molecule has 1 unspecified atom stereocenters. The van der Waals surface area contributed by atoms with Crippen LogP contribution in [0.5, 0.6) is 0 Å². The second kappa shape index (κ2) is 7.89. The van der Waals surface area contributed by atoms with Gasteiger partial charge in [-0.15, -0.1) is 0 Å². The zero-order valence-corrected chi connectivity index (χ0v) is 12.9. The molecule has 1 atom stereocenters. The quantitative estimate of drug-likeness (QED) is 0.830. The van der Waals surface area contributed by atoms with Crippen LogP contribution in [0.2, 0.25) is 0 Å². The van der Waals surface area contributed by atoms with E-state index in [0.717, 1.165) is 24.8 Å². The molecule has 1 fully saturated rings. The predicted octanol–water partition coefficient (Wildman–Crippen LogP) is 2.85. The standard InChI is InChI=1S/C17H20N2O4/c20-15(19-23-17-8-4-5-11-21-17)9-10-16-18-12-14(22-16)13-6-2-1-3-7-13/h1-3,6-7,12,17H,4-5,8-11H2,(H,19,20). The number of rotatable bonds is 6. The third-order valence-corrected chi connectivity index (χ3v) is 3.62. The highest BCUT2D eigenvalue weighted by atomic mass is 16.8. The summed E-state index contributed by atoms with van der Waals surface area (Å²) in [5, 5.41) is 0. The van der Waals surface area contributed by atoms with Gasteiger partial charge in [-0.25, -0.2) is 15.3 Å². The lowest BCUT2D eigenvalue weighted by molar-refractivity contribution is -0.200. The number of ether oxygens (including phenoxy) is 1. The van der Waals surface area contributed by atoms with E-state index >= 15 is 0 Å². The van der Waals surface area contributed by atoms with Crippen molar-refractivity contribution in [1.82, 2.24) is 10.5 Å². The van der Waals surface area contributed by atoms with Gasteiger partial charge in [-0.05, 0) is 12.8 Å².